The molecule has 2 rings (SSSR count). The molecule has 1 atom stereocenters. The summed E-state index contributed by atoms with van der Waals surface area (Å²) in [5.74, 6) is 0.583. The first-order valence-electron chi connectivity index (χ1n) is 7.76. The summed E-state index contributed by atoms with van der Waals surface area (Å²) in [5.41, 5.74) is 11.2. The van der Waals surface area contributed by atoms with Crippen molar-refractivity contribution in [1.29, 1.82) is 0 Å². The van der Waals surface area contributed by atoms with Gasteiger partial charge in [-0.1, -0.05) is 26.7 Å². The molecule has 0 spiro atoms. The Hall–Kier alpha value is -0.610. The Bertz CT molecular complexity index is 321. The van der Waals surface area contributed by atoms with E-state index < -0.39 is 5.54 Å². The molecule has 0 aliphatic heterocycles. The van der Waals surface area contributed by atoms with Crippen LogP contribution in [0.5, 0.6) is 0 Å². The number of primary amides is 1. The SMILES string of the molecule is CC(C)CN(CC(N)(C(N)=O)C1CC1)C1CCCC1. The van der Waals surface area contributed by atoms with Crippen LogP contribution in [0.1, 0.15) is 52.4 Å². The lowest BCUT2D eigenvalue weighted by molar-refractivity contribution is -0.125. The third-order valence-electron chi connectivity index (χ3n) is 4.67. The van der Waals surface area contributed by atoms with E-state index in [0.29, 0.717) is 24.4 Å². The fourth-order valence-electron chi connectivity index (χ4n) is 3.42. The second kappa shape index (κ2) is 5.80. The molecule has 1 unspecified atom stereocenters. The number of hydrogen-bond acceptors (Lipinski definition) is 3. The number of nitrogens with zero attached hydrogens (tertiary/aromatic N) is 1. The molecular weight excluding hydrogens is 238 g/mol. The molecule has 0 aromatic carbocycles. The topological polar surface area (TPSA) is 72.3 Å². The molecule has 4 nitrogen and oxygen atoms in total. The second-order valence-electron chi connectivity index (χ2n) is 6.94. The number of hydrogen-bond donors (Lipinski definition) is 2. The highest BCUT2D eigenvalue weighted by Gasteiger charge is 2.48. The molecule has 19 heavy (non-hydrogen) atoms. The normalized spacial score (nSPS) is 24.1. The van der Waals surface area contributed by atoms with Crippen molar-refractivity contribution < 1.29 is 4.79 Å². The van der Waals surface area contributed by atoms with Crippen LogP contribution in [-0.4, -0.2) is 35.5 Å². The second-order valence-corrected chi connectivity index (χ2v) is 6.94. The van der Waals surface area contributed by atoms with Crippen LogP contribution in [0.25, 0.3) is 0 Å². The molecule has 0 aromatic rings. The number of rotatable bonds is 7. The molecule has 2 aliphatic rings. The first-order chi connectivity index (χ1) is 8.93. The Morgan fingerprint density at radius 1 is 1.26 bits per heavy atom. The number of carbonyl (C=O) groups is 1. The van der Waals surface area contributed by atoms with Crippen molar-refractivity contribution in [2.24, 2.45) is 23.3 Å². The number of carbonyl (C=O) groups excluding carboxylic acids is 1. The van der Waals surface area contributed by atoms with E-state index in [0.717, 1.165) is 19.4 Å². The molecule has 2 fully saturated rings. The zero-order chi connectivity index (χ0) is 14.0. The lowest BCUT2D eigenvalue weighted by Crippen LogP contribution is -2.62. The minimum Gasteiger partial charge on any atom is -0.368 e. The maximum absolute atomic E-state index is 11.8. The van der Waals surface area contributed by atoms with Crippen LogP contribution in [0, 0.1) is 11.8 Å². The molecule has 0 heterocycles. The maximum atomic E-state index is 11.8. The Morgan fingerprint density at radius 2 is 1.84 bits per heavy atom. The highest BCUT2D eigenvalue weighted by Crippen LogP contribution is 2.39. The van der Waals surface area contributed by atoms with Crippen molar-refractivity contribution in [2.75, 3.05) is 13.1 Å². The van der Waals surface area contributed by atoms with Crippen LogP contribution >= 0.6 is 0 Å². The summed E-state index contributed by atoms with van der Waals surface area (Å²) >= 11 is 0. The van der Waals surface area contributed by atoms with Gasteiger partial charge in [0.05, 0.1) is 0 Å². The summed E-state index contributed by atoms with van der Waals surface area (Å²) in [6, 6.07) is 0.600. The highest BCUT2D eigenvalue weighted by atomic mass is 16.1. The summed E-state index contributed by atoms with van der Waals surface area (Å²) < 4.78 is 0. The lowest BCUT2D eigenvalue weighted by atomic mass is 9.91. The first-order valence-corrected chi connectivity index (χ1v) is 7.76. The van der Waals surface area contributed by atoms with Gasteiger partial charge in [-0.25, -0.2) is 0 Å². The van der Waals surface area contributed by atoms with Gasteiger partial charge in [0.25, 0.3) is 0 Å². The van der Waals surface area contributed by atoms with E-state index in [1.54, 1.807) is 0 Å². The van der Waals surface area contributed by atoms with E-state index >= 15 is 0 Å². The number of amides is 1. The van der Waals surface area contributed by atoms with Gasteiger partial charge in [-0.05, 0) is 37.5 Å². The quantitative estimate of drug-likeness (QED) is 0.734. The predicted octanol–water partition coefficient (Wildman–Crippen LogP) is 1.48. The van der Waals surface area contributed by atoms with Crippen LogP contribution < -0.4 is 11.5 Å². The van der Waals surface area contributed by atoms with E-state index in [4.69, 9.17) is 11.5 Å². The molecular formula is C15H29N3O. The number of nitrogens with two attached hydrogens (primary N) is 2. The van der Waals surface area contributed by atoms with Crippen molar-refractivity contribution in [3.8, 4) is 0 Å². The summed E-state index contributed by atoms with van der Waals surface area (Å²) in [7, 11) is 0. The van der Waals surface area contributed by atoms with E-state index in [-0.39, 0.29) is 5.91 Å². The summed E-state index contributed by atoms with van der Waals surface area (Å²) in [5, 5.41) is 0. The minimum absolute atomic E-state index is 0.307. The largest absolute Gasteiger partial charge is 0.368 e. The Morgan fingerprint density at radius 3 is 2.26 bits per heavy atom. The Kier molecular flexibility index (Phi) is 4.51. The van der Waals surface area contributed by atoms with Crippen LogP contribution in [0.4, 0.5) is 0 Å². The standard InChI is InChI=1S/C15H29N3O/c1-11(2)9-18(13-5-3-4-6-13)10-15(17,14(16)19)12-7-8-12/h11-13H,3-10,17H2,1-2H3,(H2,16,19). The van der Waals surface area contributed by atoms with Crippen LogP contribution in [0.15, 0.2) is 0 Å². The third-order valence-corrected chi connectivity index (χ3v) is 4.67. The van der Waals surface area contributed by atoms with Crippen molar-refractivity contribution >= 4 is 5.91 Å². The summed E-state index contributed by atoms with van der Waals surface area (Å²) in [6.45, 7) is 6.11. The Labute approximate surface area is 116 Å². The van der Waals surface area contributed by atoms with Crippen molar-refractivity contribution in [3.63, 3.8) is 0 Å². The average Bonchev–Trinajstić information content (AvgIpc) is 3.04. The van der Waals surface area contributed by atoms with Gasteiger partial charge in [-0.2, -0.15) is 0 Å². The predicted molar refractivity (Wildman–Crippen MR) is 77.5 cm³/mol. The van der Waals surface area contributed by atoms with Gasteiger partial charge in [0, 0.05) is 19.1 Å². The molecule has 0 radical (unpaired) electrons. The van der Waals surface area contributed by atoms with Crippen molar-refractivity contribution in [3.05, 3.63) is 0 Å². The molecule has 0 saturated heterocycles. The van der Waals surface area contributed by atoms with E-state index in [2.05, 4.69) is 18.7 Å². The molecule has 110 valence electrons. The first kappa shape index (κ1) is 14.8. The van der Waals surface area contributed by atoms with Gasteiger partial charge in [0.15, 0.2) is 0 Å². The smallest absolute Gasteiger partial charge is 0.239 e. The van der Waals surface area contributed by atoms with Gasteiger partial charge in [0.2, 0.25) is 5.91 Å². The average molecular weight is 267 g/mol. The summed E-state index contributed by atoms with van der Waals surface area (Å²) in [6.07, 6.45) is 7.20. The van der Waals surface area contributed by atoms with Crippen LogP contribution in [0.2, 0.25) is 0 Å². The van der Waals surface area contributed by atoms with Crippen molar-refractivity contribution in [2.45, 2.75) is 64.0 Å². The van der Waals surface area contributed by atoms with Gasteiger partial charge in [0.1, 0.15) is 5.54 Å². The maximum Gasteiger partial charge on any atom is 0.239 e. The monoisotopic (exact) mass is 267 g/mol. The van der Waals surface area contributed by atoms with Crippen LogP contribution in [-0.2, 0) is 4.79 Å². The van der Waals surface area contributed by atoms with Gasteiger partial charge in [-0.15, -0.1) is 0 Å². The zero-order valence-corrected chi connectivity index (χ0v) is 12.4. The zero-order valence-electron chi connectivity index (χ0n) is 12.4. The molecule has 2 saturated carbocycles. The highest BCUT2D eigenvalue weighted by molar-refractivity contribution is 5.85. The molecule has 0 aromatic heterocycles. The van der Waals surface area contributed by atoms with Crippen molar-refractivity contribution in [1.82, 2.24) is 4.90 Å². The summed E-state index contributed by atoms with van der Waals surface area (Å²) in [4.78, 5) is 14.3. The molecule has 4 heteroatoms. The minimum atomic E-state index is -0.808. The van der Waals surface area contributed by atoms with E-state index in [9.17, 15) is 4.79 Å². The van der Waals surface area contributed by atoms with Gasteiger partial charge < -0.3 is 11.5 Å². The molecule has 4 N–H and O–H groups in total. The Balaban J connectivity index is 2.06. The molecule has 2 aliphatic carbocycles. The fourth-order valence-corrected chi connectivity index (χ4v) is 3.42. The third kappa shape index (κ3) is 3.48. The van der Waals surface area contributed by atoms with E-state index in [1.165, 1.54) is 25.7 Å². The molecule has 0 bridgehead atoms. The fraction of sp³-hybridized carbons (Fsp3) is 0.933. The van der Waals surface area contributed by atoms with Crippen LogP contribution in [0.3, 0.4) is 0 Å². The van der Waals surface area contributed by atoms with Gasteiger partial charge >= 0.3 is 0 Å². The molecule has 1 amide bonds. The van der Waals surface area contributed by atoms with Gasteiger partial charge in [-0.3, -0.25) is 9.69 Å². The lowest BCUT2D eigenvalue weighted by Gasteiger charge is -2.37. The van der Waals surface area contributed by atoms with E-state index in [1.807, 2.05) is 0 Å².